The predicted octanol–water partition coefficient (Wildman–Crippen LogP) is 11.2. The van der Waals surface area contributed by atoms with E-state index in [-0.39, 0.29) is 59.4 Å². The van der Waals surface area contributed by atoms with Gasteiger partial charge in [-0.2, -0.15) is 31.4 Å². The number of urea groups is 3. The van der Waals surface area contributed by atoms with Gasteiger partial charge in [0.1, 0.15) is 53.0 Å². The molecule has 8 aromatic rings. The molecule has 1 aromatic carbocycles. The van der Waals surface area contributed by atoms with Crippen molar-refractivity contribution in [2.24, 2.45) is 5.92 Å². The van der Waals surface area contributed by atoms with Gasteiger partial charge in [0.2, 0.25) is 0 Å². The maximum absolute atomic E-state index is 13.5. The summed E-state index contributed by atoms with van der Waals surface area (Å²) >= 11 is 0. The summed E-state index contributed by atoms with van der Waals surface area (Å²) in [5.41, 5.74) is 5.20. The van der Waals surface area contributed by atoms with E-state index in [1.165, 1.54) is 28.1 Å². The van der Waals surface area contributed by atoms with E-state index in [0.29, 0.717) is 91.6 Å². The number of rotatable bonds is 18. The first-order valence-electron chi connectivity index (χ1n) is 33.3. The molecule has 6 aliphatic rings. The van der Waals surface area contributed by atoms with Gasteiger partial charge in [0.05, 0.1) is 72.0 Å². The zero-order valence-electron chi connectivity index (χ0n) is 55.7. The maximum atomic E-state index is 13.5. The Kier molecular flexibility index (Phi) is 21.0. The van der Waals surface area contributed by atoms with Crippen molar-refractivity contribution in [1.29, 1.82) is 0 Å². The Morgan fingerprint density at radius 3 is 1.61 bits per heavy atom. The van der Waals surface area contributed by atoms with Crippen LogP contribution in [0.15, 0.2) is 122 Å². The van der Waals surface area contributed by atoms with Gasteiger partial charge in [-0.25, -0.2) is 44.3 Å². The van der Waals surface area contributed by atoms with Crippen molar-refractivity contribution in [1.82, 2.24) is 40.1 Å². The molecule has 534 valence electrons. The third kappa shape index (κ3) is 16.3. The van der Waals surface area contributed by atoms with E-state index in [0.717, 1.165) is 60.6 Å². The first-order chi connectivity index (χ1) is 48.8. The number of aliphatic hydroxyl groups is 2. The standard InChI is InChI=1S/C27H29N5O5.C22H24F3N5O2.C21H20F3N7O2/c33-16-20(34)17-37-21-10-12-28-25(14-21)30-27(36)32-19-11-13-31(15-19)23-8-7-22(29-26(23)32)24(35)9-6-18-4-2-1-3-5-18;1-13(2)14-3-6-19(26-11-14)28-21(32)30-15-8-10-29(12-15)17-5-4-16(27-20(17)30)18(31)7-9-22(23,24)25;1-11(21(22,23)24)6-17(32)14-2-3-16-19(27-14)31(13-4-5-30(16)10-13)20(33)28-18-7-12-8-26-29-15(12)9-25-18/h1-5,7-8,10,12,14,19-20,33-34H,6,9,11,13,15-17H2,(H,28,30,36);3-6,11,13,15H,7-10,12H2,1-2H3,(H,26,28,32);2-3,7-9,11,13H,4-6,10H2,1H3,(H,26,29)(H,25,28,33)/t19-,20+;15-;11-,13-/m000/s1. The highest BCUT2D eigenvalue weighted by Crippen LogP contribution is 2.43. The highest BCUT2D eigenvalue weighted by molar-refractivity contribution is 6.08. The Bertz CT molecular complexity index is 4420. The number of Topliss-reactive ketones (excluding diaryl/α,β-unsaturated/α-hetero) is 3. The van der Waals surface area contributed by atoms with E-state index < -0.39 is 79.9 Å². The molecule has 6 amide bonds. The second kappa shape index (κ2) is 30.1. The number of aliphatic hydroxyl groups excluding tert-OH is 2. The van der Waals surface area contributed by atoms with Crippen molar-refractivity contribution < 1.29 is 70.1 Å². The lowest BCUT2D eigenvalue weighted by atomic mass is 10.0. The third-order valence-electron chi connectivity index (χ3n) is 18.4. The Morgan fingerprint density at radius 1 is 0.598 bits per heavy atom. The summed E-state index contributed by atoms with van der Waals surface area (Å²) in [5.74, 6) is -0.579. The lowest BCUT2D eigenvalue weighted by Gasteiger charge is -2.35. The number of ether oxygens (including phenoxy) is 1. The van der Waals surface area contributed by atoms with Crippen LogP contribution >= 0.6 is 0 Å². The molecule has 6 N–H and O–H groups in total. The molecule has 0 aliphatic carbocycles. The largest absolute Gasteiger partial charge is 0.491 e. The van der Waals surface area contributed by atoms with Gasteiger partial charge < -0.3 is 29.6 Å². The van der Waals surface area contributed by atoms with Gasteiger partial charge >= 0.3 is 30.4 Å². The first kappa shape index (κ1) is 71.0. The molecule has 0 saturated carbocycles. The number of ketones is 3. The number of aromatic amines is 1. The van der Waals surface area contributed by atoms with Crippen LogP contribution in [0.3, 0.4) is 0 Å². The van der Waals surface area contributed by atoms with Crippen molar-refractivity contribution in [2.45, 2.75) is 115 Å². The fourth-order valence-electron chi connectivity index (χ4n) is 12.8. The number of benzene rings is 1. The Hall–Kier alpha value is -10.9. The SMILES string of the molecule is CC(C)c1ccc(NC(=O)N2c3nc(C(=O)CCC(F)(F)F)ccc3N3CC[C@H]2C3)nc1.C[C@@H](CC(=O)c1ccc2c(n1)N(C(=O)Nc1cc3cn[nH]c3cn1)[C@H]1CCN2C1)C(F)(F)F.O=C(CCc1ccccc1)c1ccc2c(n1)N(C(=O)Nc1cc(OC[C@H](O)CO)ccn1)[C@H]1CCN2C1. The number of hydrogen-bond acceptors (Lipinski definition) is 19. The number of H-pyrrole nitrogens is 1. The smallest absolute Gasteiger partial charge is 0.391 e. The predicted molar refractivity (Wildman–Crippen MR) is 367 cm³/mol. The van der Waals surface area contributed by atoms with Crippen LogP contribution in [0.25, 0.3) is 10.9 Å². The Balaban J connectivity index is 0.000000145. The molecule has 0 spiro atoms. The first-order valence-corrected chi connectivity index (χ1v) is 33.3. The van der Waals surface area contributed by atoms with Gasteiger partial charge in [-0.3, -0.25) is 50.1 Å². The molecule has 102 heavy (non-hydrogen) atoms. The number of carbonyl (C=O) groups excluding carboxylic acids is 6. The normalized spacial score (nSPS) is 17.5. The number of nitrogens with zero attached hydrogens (tertiary/aromatic N) is 13. The summed E-state index contributed by atoms with van der Waals surface area (Å²) in [5, 5.41) is 34.3. The van der Waals surface area contributed by atoms with Crippen LogP contribution in [0.2, 0.25) is 0 Å². The van der Waals surface area contributed by atoms with E-state index in [9.17, 15) is 60.2 Å². The van der Waals surface area contributed by atoms with E-state index in [1.54, 1.807) is 66.0 Å². The number of hydrogen-bond donors (Lipinski definition) is 6. The molecule has 5 atom stereocenters. The number of nitrogens with one attached hydrogen (secondary N) is 4. The molecule has 6 aliphatic heterocycles. The van der Waals surface area contributed by atoms with Gasteiger partial charge in [-0.05, 0) is 97.3 Å². The van der Waals surface area contributed by atoms with Crippen LogP contribution < -0.4 is 50.1 Å². The van der Waals surface area contributed by atoms with E-state index in [2.05, 4.69) is 70.8 Å². The summed E-state index contributed by atoms with van der Waals surface area (Å²) in [6, 6.07) is 26.3. The maximum Gasteiger partial charge on any atom is 0.391 e. The summed E-state index contributed by atoms with van der Waals surface area (Å²) in [6.07, 6.45) is -2.96. The summed E-state index contributed by atoms with van der Waals surface area (Å²) in [4.78, 5) is 115. The van der Waals surface area contributed by atoms with Crippen LogP contribution in [0.5, 0.6) is 5.75 Å². The lowest BCUT2D eigenvalue weighted by molar-refractivity contribution is -0.168. The fraction of sp³-hybridized carbons (Fsp3) is 0.386. The number of carbonyl (C=O) groups is 6. The number of pyridine rings is 6. The third-order valence-corrected chi connectivity index (χ3v) is 18.4. The molecule has 13 heterocycles. The minimum Gasteiger partial charge on any atom is -0.491 e. The average Bonchev–Trinajstić information content (AvgIpc) is 1.55. The van der Waals surface area contributed by atoms with Gasteiger partial charge in [0.15, 0.2) is 34.8 Å². The number of aryl methyl sites for hydroxylation is 1. The Labute approximate surface area is 580 Å². The minimum atomic E-state index is -4.47. The number of anilines is 9. The van der Waals surface area contributed by atoms with Crippen LogP contribution in [-0.2, 0) is 6.42 Å². The highest BCUT2D eigenvalue weighted by atomic mass is 19.4. The van der Waals surface area contributed by atoms with Gasteiger partial charge in [-0.15, -0.1) is 0 Å². The molecular formula is C70H73F6N17O9. The van der Waals surface area contributed by atoms with Crippen LogP contribution in [0.1, 0.15) is 114 Å². The number of alkyl halides is 6. The molecular weight excluding hydrogens is 1340 g/mol. The molecule has 3 saturated heterocycles. The van der Waals surface area contributed by atoms with Gasteiger partial charge in [-0.1, -0.05) is 57.2 Å². The summed E-state index contributed by atoms with van der Waals surface area (Å²) < 4.78 is 81.7. The summed E-state index contributed by atoms with van der Waals surface area (Å²) in [7, 11) is 0. The highest BCUT2D eigenvalue weighted by Gasteiger charge is 2.45. The topological polar surface area (TPSA) is 314 Å². The zero-order chi connectivity index (χ0) is 72.1. The number of amides is 6. The fourth-order valence-corrected chi connectivity index (χ4v) is 12.8. The Morgan fingerprint density at radius 2 is 1.11 bits per heavy atom. The molecule has 26 nitrogen and oxygen atoms in total. The van der Waals surface area contributed by atoms with Crippen molar-refractivity contribution in [3.05, 3.63) is 150 Å². The van der Waals surface area contributed by atoms with Crippen molar-refractivity contribution in [3.8, 4) is 5.75 Å². The van der Waals surface area contributed by atoms with Crippen molar-refractivity contribution >= 4 is 98.3 Å². The minimum absolute atomic E-state index is 0.0727. The van der Waals surface area contributed by atoms with Crippen molar-refractivity contribution in [3.63, 3.8) is 0 Å². The van der Waals surface area contributed by atoms with Crippen molar-refractivity contribution in [2.75, 3.05) is 97.8 Å². The number of halogens is 6. The molecule has 32 heteroatoms. The van der Waals surface area contributed by atoms with E-state index in [4.69, 9.17) is 9.84 Å². The molecule has 0 radical (unpaired) electrons. The second-order valence-electron chi connectivity index (χ2n) is 25.9. The van der Waals surface area contributed by atoms with E-state index in [1.807, 2.05) is 56.3 Å². The lowest BCUT2D eigenvalue weighted by Crippen LogP contribution is -2.48. The van der Waals surface area contributed by atoms with Gasteiger partial charge in [0.25, 0.3) is 0 Å². The molecule has 0 unspecified atom stereocenters. The van der Waals surface area contributed by atoms with Crippen LogP contribution in [0.4, 0.5) is 92.7 Å². The van der Waals surface area contributed by atoms with Crippen LogP contribution in [-0.4, -0.2) is 175 Å². The van der Waals surface area contributed by atoms with Gasteiger partial charge in [0, 0.05) is 82.4 Å². The molecule has 7 aromatic heterocycles. The average molecular weight is 1410 g/mol. The second-order valence-corrected chi connectivity index (χ2v) is 25.9. The zero-order valence-corrected chi connectivity index (χ0v) is 55.7. The quantitative estimate of drug-likeness (QED) is 0.0343. The molecule has 14 rings (SSSR count). The number of aromatic nitrogens is 8. The summed E-state index contributed by atoms with van der Waals surface area (Å²) in [6.45, 7) is 8.73. The number of fused-ring (bicyclic) bond motifs is 13. The monoisotopic (exact) mass is 1410 g/mol. The van der Waals surface area contributed by atoms with E-state index >= 15 is 0 Å². The van der Waals surface area contributed by atoms with Crippen LogP contribution in [0, 0.1) is 5.92 Å². The molecule has 3 fully saturated rings. The molecule has 6 bridgehead atoms.